The number of nitriles is 1. The van der Waals surface area contributed by atoms with Gasteiger partial charge in [0, 0.05) is 36.6 Å². The molecule has 0 aliphatic rings. The van der Waals surface area contributed by atoms with E-state index < -0.39 is 53.5 Å². The van der Waals surface area contributed by atoms with E-state index in [1.807, 2.05) is 6.07 Å². The van der Waals surface area contributed by atoms with Gasteiger partial charge in [-0.25, -0.2) is 36.8 Å². The lowest BCUT2D eigenvalue weighted by molar-refractivity contribution is 0.367. The molecule has 0 N–H and O–H groups in total. The van der Waals surface area contributed by atoms with E-state index in [-0.39, 0.29) is 63.8 Å². The molecule has 4 atom stereocenters. The van der Waals surface area contributed by atoms with E-state index >= 15 is 0 Å². The Balaban J connectivity index is 0.000000214. The number of nitrogens with zero attached hydrogens (tertiary/aromatic N) is 15. The van der Waals surface area contributed by atoms with Gasteiger partial charge in [-0.05, 0) is 52.0 Å². The van der Waals surface area contributed by atoms with Crippen molar-refractivity contribution in [2.45, 2.75) is 75.4 Å². The van der Waals surface area contributed by atoms with Crippen molar-refractivity contribution in [3.63, 3.8) is 0 Å². The van der Waals surface area contributed by atoms with Crippen molar-refractivity contribution in [2.75, 3.05) is 28.4 Å². The molecule has 382 valence electrons. The molecule has 0 aliphatic carbocycles. The first-order chi connectivity index (χ1) is 34.9. The Morgan fingerprint density at radius 1 is 0.575 bits per heavy atom. The average Bonchev–Trinajstić information content (AvgIpc) is 4.22. The Bertz CT molecular complexity index is 3440. The highest BCUT2D eigenvalue weighted by Crippen LogP contribution is 2.37. The first kappa shape index (κ1) is 52.9. The van der Waals surface area contributed by atoms with Crippen molar-refractivity contribution >= 4 is 31.3 Å². The lowest BCUT2D eigenvalue weighted by Gasteiger charge is -2.20. The maximum atomic E-state index is 13.6. The van der Waals surface area contributed by atoms with Gasteiger partial charge in [-0.3, -0.25) is 9.13 Å². The number of rotatable bonds is 18. The van der Waals surface area contributed by atoms with E-state index in [0.717, 1.165) is 0 Å². The highest BCUT2D eigenvalue weighted by Gasteiger charge is 2.36. The first-order valence-electron chi connectivity index (χ1n) is 21.9. The fraction of sp³-hybridized carbons (Fsp3) is 0.356. The van der Waals surface area contributed by atoms with Crippen LogP contribution in [0.5, 0.6) is 23.5 Å². The van der Waals surface area contributed by atoms with E-state index in [4.69, 9.17) is 44.6 Å². The van der Waals surface area contributed by atoms with Gasteiger partial charge in [-0.2, -0.15) is 25.2 Å². The van der Waals surface area contributed by atoms with Crippen LogP contribution in [0.1, 0.15) is 79.9 Å². The predicted octanol–water partition coefficient (Wildman–Crippen LogP) is 5.60. The second kappa shape index (κ2) is 22.2. The molecule has 0 saturated heterocycles. The van der Waals surface area contributed by atoms with Crippen LogP contribution in [-0.4, -0.2) is 125 Å². The second-order valence-corrected chi connectivity index (χ2v) is 21.3. The molecule has 0 bridgehead atoms. The minimum absolute atomic E-state index is 0.0789. The van der Waals surface area contributed by atoms with E-state index in [9.17, 15) is 16.8 Å². The average molecular weight is 1060 g/mol. The number of sulfone groups is 2. The standard InChI is InChI=1S/C23H24N8O5S.C22H24ClN7O5S/c1-13-6-7-17(36-13)21-30-29-18(31(21)19-22(34-4)27-12-28-23(19)35-5)11-37(32,33)15(3)14(2)20-25-9-16(8-24)10-26-20;1-12-6-7-16(35-12)20-29-28-17(30(20)18-21(33-4)26-11-27-22(18)34-5)10-36(31,32)14(3)13(2)19-24-8-15(23)9-25-19/h6-7,9-10,12,14-15H,11H2,1-5H3;6-9,11,13-14H,10H2,1-5H3/t14-,15-;13-,14-/m00/s1. The second-order valence-electron chi connectivity index (χ2n) is 16.2. The first-order valence-corrected chi connectivity index (χ1v) is 25.7. The summed E-state index contributed by atoms with van der Waals surface area (Å²) in [4.78, 5) is 33.3. The zero-order valence-electron chi connectivity index (χ0n) is 41.0. The van der Waals surface area contributed by atoms with Crippen LogP contribution in [0.3, 0.4) is 0 Å². The van der Waals surface area contributed by atoms with Gasteiger partial charge in [-0.1, -0.05) is 25.4 Å². The van der Waals surface area contributed by atoms with Crippen LogP contribution in [0.2, 0.25) is 5.02 Å². The molecule has 8 rings (SSSR count). The lowest BCUT2D eigenvalue weighted by Crippen LogP contribution is -2.27. The zero-order chi connectivity index (χ0) is 52.8. The number of halogens is 1. The number of aryl methyl sites for hydroxylation is 2. The van der Waals surface area contributed by atoms with Gasteiger partial charge in [0.05, 0.1) is 49.5 Å². The number of hydrogen-bond donors (Lipinski definition) is 0. The van der Waals surface area contributed by atoms with Gasteiger partial charge < -0.3 is 27.8 Å². The van der Waals surface area contributed by atoms with Gasteiger partial charge in [0.2, 0.25) is 35.2 Å². The van der Waals surface area contributed by atoms with Gasteiger partial charge >= 0.3 is 0 Å². The van der Waals surface area contributed by atoms with Crippen LogP contribution < -0.4 is 18.9 Å². The Morgan fingerprint density at radius 2 is 0.932 bits per heavy atom. The molecule has 0 aromatic carbocycles. The largest absolute Gasteiger partial charge is 0.479 e. The van der Waals surface area contributed by atoms with Gasteiger partial charge in [0.25, 0.3) is 0 Å². The molecule has 8 heterocycles. The van der Waals surface area contributed by atoms with Crippen molar-refractivity contribution in [2.24, 2.45) is 0 Å². The van der Waals surface area contributed by atoms with Crippen molar-refractivity contribution in [1.29, 1.82) is 5.26 Å². The molecule has 0 spiro atoms. The molecule has 73 heavy (non-hydrogen) atoms. The van der Waals surface area contributed by atoms with Crippen molar-refractivity contribution in [1.82, 2.24) is 69.4 Å². The van der Waals surface area contributed by atoms with Crippen LogP contribution in [0, 0.1) is 25.2 Å². The summed E-state index contributed by atoms with van der Waals surface area (Å²) in [5, 5.41) is 24.4. The molecule has 25 nitrogen and oxygen atoms in total. The quantitative estimate of drug-likeness (QED) is 0.101. The van der Waals surface area contributed by atoms with Crippen LogP contribution in [-0.2, 0) is 31.2 Å². The fourth-order valence-corrected chi connectivity index (χ4v) is 10.5. The molecule has 0 radical (unpaired) electrons. The molecule has 0 saturated carbocycles. The maximum absolute atomic E-state index is 13.6. The smallest absolute Gasteiger partial charge is 0.245 e. The number of aromatic nitrogens is 14. The Hall–Kier alpha value is -7.96. The van der Waals surface area contributed by atoms with Crippen LogP contribution in [0.25, 0.3) is 34.5 Å². The van der Waals surface area contributed by atoms with Crippen LogP contribution >= 0.6 is 11.6 Å². The summed E-state index contributed by atoms with van der Waals surface area (Å²) in [5.41, 5.74) is 0.750. The molecule has 28 heteroatoms. The van der Waals surface area contributed by atoms with Crippen molar-refractivity contribution < 1.29 is 44.6 Å². The van der Waals surface area contributed by atoms with E-state index in [2.05, 4.69) is 60.3 Å². The number of ether oxygens (including phenoxy) is 4. The van der Waals surface area contributed by atoms with Gasteiger partial charge in [-0.15, -0.1) is 20.4 Å². The minimum Gasteiger partial charge on any atom is -0.479 e. The van der Waals surface area contributed by atoms with Crippen LogP contribution in [0.15, 0.2) is 70.5 Å². The predicted molar refractivity (Wildman–Crippen MR) is 260 cm³/mol. The summed E-state index contributed by atoms with van der Waals surface area (Å²) in [6.07, 6.45) is 8.12. The summed E-state index contributed by atoms with van der Waals surface area (Å²) in [7, 11) is -1.92. The minimum atomic E-state index is -3.83. The molecule has 0 amide bonds. The summed E-state index contributed by atoms with van der Waals surface area (Å²) in [6.45, 7) is 10.2. The fourth-order valence-electron chi connectivity index (χ4n) is 7.25. The maximum Gasteiger partial charge on any atom is 0.245 e. The summed E-state index contributed by atoms with van der Waals surface area (Å²) < 4.78 is 90.4. The Labute approximate surface area is 423 Å². The number of methoxy groups -OCH3 is 4. The third kappa shape index (κ3) is 11.2. The Kier molecular flexibility index (Phi) is 16.1. The molecule has 8 aromatic heterocycles. The van der Waals surface area contributed by atoms with Gasteiger partial charge in [0.15, 0.2) is 54.2 Å². The third-order valence-electron chi connectivity index (χ3n) is 11.6. The Morgan fingerprint density at radius 3 is 1.25 bits per heavy atom. The highest BCUT2D eigenvalue weighted by molar-refractivity contribution is 7.91. The van der Waals surface area contributed by atoms with Crippen molar-refractivity contribution in [3.05, 3.63) is 107 Å². The highest BCUT2D eigenvalue weighted by atomic mass is 35.5. The van der Waals surface area contributed by atoms with Crippen molar-refractivity contribution in [3.8, 4) is 64.1 Å². The monoisotopic (exact) mass is 1060 g/mol. The normalized spacial score (nSPS) is 13.2. The molecule has 0 unspecified atom stereocenters. The van der Waals surface area contributed by atoms with E-state index in [1.54, 1.807) is 65.8 Å². The van der Waals surface area contributed by atoms with E-state index in [1.165, 1.54) is 75.0 Å². The molecule has 0 fully saturated rings. The zero-order valence-corrected chi connectivity index (χ0v) is 43.4. The number of furan rings is 2. The third-order valence-corrected chi connectivity index (χ3v) is 16.2. The lowest BCUT2D eigenvalue weighted by atomic mass is 10.1. The topological polar surface area (TPSA) is 320 Å². The van der Waals surface area contributed by atoms with Gasteiger partial charge in [0.1, 0.15) is 53.4 Å². The molecule has 8 aromatic rings. The number of hydrogen-bond acceptors (Lipinski definition) is 23. The SMILES string of the molecule is COc1ncnc(OC)c1-n1c(CS(=O)(=O)[C@@H](C)[C@H](C)c2ncc(C#N)cn2)nnc1-c1ccc(C)o1.COc1ncnc(OC)c1-n1c(CS(=O)(=O)[C@@H](C)[C@H](C)c2ncc(Cl)cn2)nnc1-c1ccc(C)o1. The summed E-state index contributed by atoms with van der Waals surface area (Å²) >= 11 is 5.87. The summed E-state index contributed by atoms with van der Waals surface area (Å²) in [6, 6.07) is 8.86. The summed E-state index contributed by atoms with van der Waals surface area (Å²) in [5.74, 6) is 1.82. The van der Waals surface area contributed by atoms with E-state index in [0.29, 0.717) is 39.7 Å². The molecule has 0 aliphatic heterocycles. The molecular weight excluding hydrogens is 1010 g/mol. The van der Waals surface area contributed by atoms with Crippen LogP contribution in [0.4, 0.5) is 0 Å². The molecular formula is C45H48ClN15O10S2.